The molecular weight excluding hydrogens is 136 g/mol. The minimum Gasteiger partial charge on any atom is -0.295 e. The topological polar surface area (TPSA) is 17.1 Å². The number of unbranched alkanes of at least 4 members (excludes halogenated alkanes) is 1. The highest BCUT2D eigenvalue weighted by atomic mass is 16.1. The molecule has 0 bridgehead atoms. The highest BCUT2D eigenvalue weighted by Gasteiger charge is 2.27. The zero-order chi connectivity index (χ0) is 8.32. The third kappa shape index (κ3) is 2.18. The van der Waals surface area contributed by atoms with Crippen molar-refractivity contribution in [3.63, 3.8) is 0 Å². The van der Waals surface area contributed by atoms with Gasteiger partial charge in [0.05, 0.1) is 0 Å². The van der Waals surface area contributed by atoms with Gasteiger partial charge in [-0.25, -0.2) is 0 Å². The smallest absolute Gasteiger partial charge is 0.156 e. The summed E-state index contributed by atoms with van der Waals surface area (Å²) in [5, 5.41) is 0. The van der Waals surface area contributed by atoms with Crippen LogP contribution in [0.5, 0.6) is 0 Å². The number of carbonyl (C=O) groups excluding carboxylic acids is 1. The third-order valence-corrected chi connectivity index (χ3v) is 2.35. The van der Waals surface area contributed by atoms with Crippen LogP contribution < -0.4 is 0 Å². The van der Waals surface area contributed by atoms with Gasteiger partial charge in [0.2, 0.25) is 0 Å². The van der Waals surface area contributed by atoms with Crippen LogP contribution >= 0.6 is 0 Å². The first-order valence-electron chi connectivity index (χ1n) is 4.38. The number of ketones is 1. The summed E-state index contributed by atoms with van der Waals surface area (Å²) in [5.41, 5.74) is 0.188. The van der Waals surface area contributed by atoms with E-state index in [1.54, 1.807) is 6.08 Å². The van der Waals surface area contributed by atoms with Gasteiger partial charge in [-0.15, -0.1) is 0 Å². The van der Waals surface area contributed by atoms with Crippen molar-refractivity contribution in [1.82, 2.24) is 0 Å². The first-order valence-corrected chi connectivity index (χ1v) is 4.38. The molecule has 1 rings (SSSR count). The summed E-state index contributed by atoms with van der Waals surface area (Å²) in [7, 11) is 0. The third-order valence-electron chi connectivity index (χ3n) is 2.35. The predicted octanol–water partition coefficient (Wildman–Crippen LogP) is 2.71. The fourth-order valence-electron chi connectivity index (χ4n) is 1.56. The summed E-state index contributed by atoms with van der Waals surface area (Å²) in [6.07, 6.45) is 8.14. The van der Waals surface area contributed by atoms with E-state index < -0.39 is 0 Å². The summed E-state index contributed by atoms with van der Waals surface area (Å²) in [6, 6.07) is 0. The highest BCUT2D eigenvalue weighted by molar-refractivity contribution is 5.92. The monoisotopic (exact) mass is 152 g/mol. The molecular formula is C10H16O. The Morgan fingerprint density at radius 2 is 2.36 bits per heavy atom. The largest absolute Gasteiger partial charge is 0.295 e. The first kappa shape index (κ1) is 8.51. The maximum absolute atomic E-state index is 10.9. The van der Waals surface area contributed by atoms with Crippen LogP contribution in [0.1, 0.15) is 39.5 Å². The predicted molar refractivity (Wildman–Crippen MR) is 46.4 cm³/mol. The molecule has 11 heavy (non-hydrogen) atoms. The minimum absolute atomic E-state index is 0.188. The molecule has 0 aromatic heterocycles. The molecule has 1 heteroatoms. The number of hydrogen-bond donors (Lipinski definition) is 0. The summed E-state index contributed by atoms with van der Waals surface area (Å²) in [5.74, 6) is 0.295. The lowest BCUT2D eigenvalue weighted by Crippen LogP contribution is -2.11. The van der Waals surface area contributed by atoms with E-state index in [4.69, 9.17) is 0 Å². The Bertz CT molecular complexity index is 181. The number of allylic oxidation sites excluding steroid dienone is 2. The lowest BCUT2D eigenvalue weighted by molar-refractivity contribution is -0.115. The zero-order valence-corrected chi connectivity index (χ0v) is 7.39. The van der Waals surface area contributed by atoms with Crippen LogP contribution in [-0.4, -0.2) is 5.78 Å². The van der Waals surface area contributed by atoms with E-state index in [9.17, 15) is 4.79 Å². The van der Waals surface area contributed by atoms with Crippen molar-refractivity contribution in [3.05, 3.63) is 12.2 Å². The lowest BCUT2D eigenvalue weighted by atomic mass is 9.84. The van der Waals surface area contributed by atoms with Crippen molar-refractivity contribution in [2.45, 2.75) is 39.5 Å². The first-order chi connectivity index (χ1) is 5.16. The van der Waals surface area contributed by atoms with Crippen LogP contribution in [-0.2, 0) is 4.79 Å². The molecule has 62 valence electrons. The van der Waals surface area contributed by atoms with Gasteiger partial charge in [0.25, 0.3) is 0 Å². The second-order valence-electron chi connectivity index (χ2n) is 3.73. The van der Waals surface area contributed by atoms with Crippen molar-refractivity contribution < 1.29 is 4.79 Å². The molecule has 0 unspecified atom stereocenters. The van der Waals surface area contributed by atoms with Crippen LogP contribution in [0.3, 0.4) is 0 Å². The van der Waals surface area contributed by atoms with E-state index in [1.807, 2.05) is 0 Å². The van der Waals surface area contributed by atoms with E-state index in [0.717, 1.165) is 12.8 Å². The Labute approximate surface area is 68.5 Å². The average molecular weight is 152 g/mol. The van der Waals surface area contributed by atoms with Crippen molar-refractivity contribution in [2.75, 3.05) is 0 Å². The van der Waals surface area contributed by atoms with Crippen molar-refractivity contribution in [1.29, 1.82) is 0 Å². The minimum atomic E-state index is 0.188. The van der Waals surface area contributed by atoms with E-state index in [2.05, 4.69) is 19.9 Å². The Kier molecular flexibility index (Phi) is 2.48. The van der Waals surface area contributed by atoms with Gasteiger partial charge in [-0.1, -0.05) is 32.8 Å². The van der Waals surface area contributed by atoms with Crippen LogP contribution in [0, 0.1) is 5.41 Å². The Hall–Kier alpha value is -0.590. The molecule has 0 fully saturated rings. The van der Waals surface area contributed by atoms with Gasteiger partial charge in [-0.3, -0.25) is 4.79 Å². The van der Waals surface area contributed by atoms with Crippen LogP contribution in [0.15, 0.2) is 12.2 Å². The molecule has 0 aliphatic heterocycles. The Balaban J connectivity index is 2.43. The van der Waals surface area contributed by atoms with Gasteiger partial charge in [0, 0.05) is 6.42 Å². The van der Waals surface area contributed by atoms with E-state index >= 15 is 0 Å². The van der Waals surface area contributed by atoms with Crippen molar-refractivity contribution in [2.24, 2.45) is 5.41 Å². The van der Waals surface area contributed by atoms with E-state index in [0.29, 0.717) is 5.78 Å². The number of hydrogen-bond acceptors (Lipinski definition) is 1. The standard InChI is InChI=1S/C10H16O/c1-3-4-6-10(2)7-5-9(11)8-10/h5,7H,3-4,6,8H2,1-2H3/t10-/m0/s1. The average Bonchev–Trinajstić information content (AvgIpc) is 2.28. The number of carbonyl (C=O) groups is 1. The molecule has 0 heterocycles. The molecule has 0 saturated heterocycles. The summed E-state index contributed by atoms with van der Waals surface area (Å²) < 4.78 is 0. The summed E-state index contributed by atoms with van der Waals surface area (Å²) in [4.78, 5) is 10.9. The quantitative estimate of drug-likeness (QED) is 0.607. The molecule has 0 spiro atoms. The van der Waals surface area contributed by atoms with Gasteiger partial charge in [-0.05, 0) is 17.9 Å². The highest BCUT2D eigenvalue weighted by Crippen LogP contribution is 2.34. The summed E-state index contributed by atoms with van der Waals surface area (Å²) >= 11 is 0. The van der Waals surface area contributed by atoms with Gasteiger partial charge in [-0.2, -0.15) is 0 Å². The van der Waals surface area contributed by atoms with E-state index in [1.165, 1.54) is 12.8 Å². The molecule has 0 aromatic carbocycles. The molecule has 1 atom stereocenters. The molecule has 0 N–H and O–H groups in total. The van der Waals surface area contributed by atoms with Crippen LogP contribution in [0.4, 0.5) is 0 Å². The Morgan fingerprint density at radius 1 is 1.64 bits per heavy atom. The van der Waals surface area contributed by atoms with Gasteiger partial charge >= 0.3 is 0 Å². The fraction of sp³-hybridized carbons (Fsp3) is 0.700. The lowest BCUT2D eigenvalue weighted by Gasteiger charge is -2.19. The van der Waals surface area contributed by atoms with Crippen LogP contribution in [0.25, 0.3) is 0 Å². The molecule has 0 radical (unpaired) electrons. The van der Waals surface area contributed by atoms with E-state index in [-0.39, 0.29) is 5.41 Å². The second kappa shape index (κ2) is 3.21. The zero-order valence-electron chi connectivity index (χ0n) is 7.39. The molecule has 0 amide bonds. The molecule has 0 aromatic rings. The SMILES string of the molecule is CCCC[C@@]1(C)C=CC(=O)C1. The number of rotatable bonds is 3. The normalized spacial score (nSPS) is 29.8. The van der Waals surface area contributed by atoms with Crippen molar-refractivity contribution >= 4 is 5.78 Å². The molecule has 1 aliphatic rings. The molecule has 1 aliphatic carbocycles. The molecule has 0 saturated carbocycles. The van der Waals surface area contributed by atoms with Gasteiger partial charge < -0.3 is 0 Å². The van der Waals surface area contributed by atoms with Crippen molar-refractivity contribution in [3.8, 4) is 0 Å². The fourth-order valence-corrected chi connectivity index (χ4v) is 1.56. The van der Waals surface area contributed by atoms with Gasteiger partial charge in [0.1, 0.15) is 0 Å². The Morgan fingerprint density at radius 3 is 2.82 bits per heavy atom. The maximum atomic E-state index is 10.9. The van der Waals surface area contributed by atoms with Gasteiger partial charge in [0.15, 0.2) is 5.78 Å². The molecule has 1 nitrogen and oxygen atoms in total. The van der Waals surface area contributed by atoms with Crippen LogP contribution in [0.2, 0.25) is 0 Å². The second-order valence-corrected chi connectivity index (χ2v) is 3.73. The summed E-state index contributed by atoms with van der Waals surface area (Å²) in [6.45, 7) is 4.36. The maximum Gasteiger partial charge on any atom is 0.156 e.